The van der Waals surface area contributed by atoms with Crippen molar-refractivity contribution in [3.05, 3.63) is 81.5 Å². The van der Waals surface area contributed by atoms with E-state index >= 15 is 0 Å². The van der Waals surface area contributed by atoms with E-state index in [4.69, 9.17) is 32.9 Å². The van der Waals surface area contributed by atoms with Crippen molar-refractivity contribution in [3.8, 4) is 5.88 Å². The van der Waals surface area contributed by atoms with Crippen LogP contribution in [-0.2, 0) is 4.79 Å². The van der Waals surface area contributed by atoms with Crippen LogP contribution in [0.2, 0.25) is 10.0 Å². The Labute approximate surface area is 247 Å². The van der Waals surface area contributed by atoms with E-state index in [1.807, 2.05) is 37.4 Å². The van der Waals surface area contributed by atoms with E-state index in [-0.39, 0.29) is 12.6 Å². The molecular weight excluding hydrogens is 571 g/mol. The van der Waals surface area contributed by atoms with E-state index in [0.29, 0.717) is 52.2 Å². The van der Waals surface area contributed by atoms with Gasteiger partial charge in [-0.05, 0) is 55.6 Å². The number of carbonyl (C=O) groups is 2. The van der Waals surface area contributed by atoms with Gasteiger partial charge in [-0.15, -0.1) is 0 Å². The number of hydrogen-bond acceptors (Lipinski definition) is 8. The molecule has 0 spiro atoms. The topological polar surface area (TPSA) is 100 Å². The number of amides is 2. The highest BCUT2D eigenvalue weighted by Gasteiger charge is 2.44. The van der Waals surface area contributed by atoms with Crippen LogP contribution in [-0.4, -0.2) is 77.5 Å². The summed E-state index contributed by atoms with van der Waals surface area (Å²) in [7, 11) is 1.79. The summed E-state index contributed by atoms with van der Waals surface area (Å²) < 4.78 is 5.91. The molecule has 1 N–H and O–H groups in total. The molecular formula is C28H30Cl2N6O3S. The summed E-state index contributed by atoms with van der Waals surface area (Å²) in [4.78, 5) is 43.2. The van der Waals surface area contributed by atoms with E-state index in [0.717, 1.165) is 17.4 Å². The van der Waals surface area contributed by atoms with Crippen molar-refractivity contribution < 1.29 is 14.3 Å². The number of aromatic nitrogens is 2. The first kappa shape index (κ1) is 29.8. The molecule has 0 saturated heterocycles. The number of likely N-dealkylation sites (N-methyl/N-ethyl adjacent to an activating group) is 1. The fraction of sp³-hybridized carbons (Fsp3) is 0.321. The van der Waals surface area contributed by atoms with E-state index in [9.17, 15) is 9.59 Å². The Bertz CT molecular complexity index is 1360. The molecule has 1 aromatic heterocycles. The number of aliphatic imine (C=N–C) groups is 1. The van der Waals surface area contributed by atoms with Crippen molar-refractivity contribution in [3.63, 3.8) is 0 Å². The molecule has 2 heterocycles. The number of thioether (sulfide) groups is 1. The Morgan fingerprint density at radius 3 is 2.35 bits per heavy atom. The van der Waals surface area contributed by atoms with Crippen LogP contribution in [0.1, 0.15) is 35.7 Å². The fourth-order valence-corrected chi connectivity index (χ4v) is 5.04. The number of halogens is 2. The van der Waals surface area contributed by atoms with E-state index in [1.165, 1.54) is 16.7 Å². The van der Waals surface area contributed by atoms with Crippen molar-refractivity contribution >= 4 is 53.1 Å². The number of urea groups is 1. The minimum atomic E-state index is -0.570. The molecule has 0 bridgehead atoms. The van der Waals surface area contributed by atoms with Crippen molar-refractivity contribution in [1.82, 2.24) is 25.1 Å². The Morgan fingerprint density at radius 2 is 1.77 bits per heavy atom. The number of amidine groups is 1. The quantitative estimate of drug-likeness (QED) is 0.181. The highest BCUT2D eigenvalue weighted by Crippen LogP contribution is 2.45. The molecule has 9 nitrogen and oxygen atoms in total. The number of nitrogens with zero attached hydrogens (tertiary/aromatic N) is 5. The van der Waals surface area contributed by atoms with Gasteiger partial charge in [0.05, 0.1) is 24.8 Å². The Hall–Kier alpha value is -3.18. The second-order valence-electron chi connectivity index (χ2n) is 8.82. The zero-order valence-corrected chi connectivity index (χ0v) is 24.7. The standard InChI is InChI=1S/C28H30Cl2N6O3S/c1-4-39-26-22(17-32-27(34-26)40-3)25-33-23(18-5-9-20(29)10-6-18)24(19-7-11-21(30)12-8-19)36(25)28(38)35(15-16-37)14-13-31-2/h5-12,16-17,23-24,31H,4,13-15H2,1-3H3. The Kier molecular flexibility index (Phi) is 10.4. The number of hydrogen-bond donors (Lipinski definition) is 1. The predicted molar refractivity (Wildman–Crippen MR) is 159 cm³/mol. The molecule has 0 aliphatic carbocycles. The summed E-state index contributed by atoms with van der Waals surface area (Å²) in [5.41, 5.74) is 2.15. The zero-order valence-electron chi connectivity index (χ0n) is 22.4. The first-order chi connectivity index (χ1) is 19.4. The molecule has 4 rings (SSSR count). The van der Waals surface area contributed by atoms with Crippen LogP contribution in [0.25, 0.3) is 0 Å². The number of nitrogens with one attached hydrogen (secondary N) is 1. The second-order valence-corrected chi connectivity index (χ2v) is 10.5. The first-order valence-electron chi connectivity index (χ1n) is 12.7. The normalized spacial score (nSPS) is 16.5. The zero-order chi connectivity index (χ0) is 28.6. The third kappa shape index (κ3) is 6.58. The summed E-state index contributed by atoms with van der Waals surface area (Å²) in [6, 6.07) is 13.2. The van der Waals surface area contributed by atoms with E-state index in [2.05, 4.69) is 15.3 Å². The number of ether oxygens (including phenoxy) is 1. The second kappa shape index (κ2) is 13.9. The SMILES string of the molecule is CCOc1nc(SC)ncc1C1=NC(c2ccc(Cl)cc2)C(c2ccc(Cl)cc2)N1C(=O)N(CC=O)CCNC. The van der Waals surface area contributed by atoms with Crippen LogP contribution >= 0.6 is 35.0 Å². The van der Waals surface area contributed by atoms with E-state index < -0.39 is 12.1 Å². The minimum Gasteiger partial charge on any atom is -0.477 e. The monoisotopic (exact) mass is 600 g/mol. The molecule has 210 valence electrons. The van der Waals surface area contributed by atoms with Crippen molar-refractivity contribution in [2.24, 2.45) is 4.99 Å². The smallest absolute Gasteiger partial charge is 0.326 e. The molecule has 0 saturated carbocycles. The summed E-state index contributed by atoms with van der Waals surface area (Å²) in [5, 5.41) is 4.73. The van der Waals surface area contributed by atoms with Gasteiger partial charge >= 0.3 is 6.03 Å². The number of aldehydes is 1. The molecule has 0 fully saturated rings. The summed E-state index contributed by atoms with van der Waals surface area (Å²) >= 11 is 13.8. The minimum absolute atomic E-state index is 0.0799. The van der Waals surface area contributed by atoms with Gasteiger partial charge in [0, 0.05) is 29.3 Å². The van der Waals surface area contributed by atoms with Crippen molar-refractivity contribution in [2.45, 2.75) is 24.2 Å². The Morgan fingerprint density at radius 1 is 1.12 bits per heavy atom. The highest BCUT2D eigenvalue weighted by molar-refractivity contribution is 7.98. The third-order valence-corrected chi connectivity index (χ3v) is 7.40. The number of carbonyl (C=O) groups excluding carboxylic acids is 2. The van der Waals surface area contributed by atoms with Crippen LogP contribution in [0.4, 0.5) is 4.79 Å². The maximum Gasteiger partial charge on any atom is 0.326 e. The van der Waals surface area contributed by atoms with Crippen molar-refractivity contribution in [2.75, 3.05) is 39.5 Å². The molecule has 2 unspecified atom stereocenters. The number of benzene rings is 2. The molecule has 1 aliphatic rings. The predicted octanol–water partition coefficient (Wildman–Crippen LogP) is 5.29. The molecule has 2 amide bonds. The Balaban J connectivity index is 1.94. The maximum absolute atomic E-state index is 14.4. The van der Waals surface area contributed by atoms with Gasteiger partial charge in [0.2, 0.25) is 5.88 Å². The van der Waals surface area contributed by atoms with Gasteiger partial charge in [-0.3, -0.25) is 9.89 Å². The first-order valence-corrected chi connectivity index (χ1v) is 14.7. The van der Waals surface area contributed by atoms with Crippen molar-refractivity contribution in [1.29, 1.82) is 0 Å². The highest BCUT2D eigenvalue weighted by atomic mass is 35.5. The molecule has 1 aliphatic heterocycles. The van der Waals surface area contributed by atoms with Gasteiger partial charge < -0.3 is 19.7 Å². The lowest BCUT2D eigenvalue weighted by Gasteiger charge is -2.33. The van der Waals surface area contributed by atoms with Gasteiger partial charge in [0.15, 0.2) is 5.16 Å². The van der Waals surface area contributed by atoms with Crippen LogP contribution < -0.4 is 10.1 Å². The van der Waals surface area contributed by atoms with Crippen LogP contribution in [0.5, 0.6) is 5.88 Å². The molecule has 0 radical (unpaired) electrons. The average molecular weight is 602 g/mol. The molecule has 2 atom stereocenters. The third-order valence-electron chi connectivity index (χ3n) is 6.33. The van der Waals surface area contributed by atoms with Gasteiger partial charge in [0.25, 0.3) is 0 Å². The fourth-order valence-electron chi connectivity index (χ4n) is 4.46. The van der Waals surface area contributed by atoms with Crippen LogP contribution in [0, 0.1) is 0 Å². The van der Waals surface area contributed by atoms with E-state index in [1.54, 1.807) is 42.4 Å². The number of rotatable bonds is 11. The molecule has 2 aromatic carbocycles. The summed E-state index contributed by atoms with van der Waals surface area (Å²) in [6.07, 6.45) is 4.22. The molecule has 40 heavy (non-hydrogen) atoms. The lowest BCUT2D eigenvalue weighted by atomic mass is 9.94. The lowest BCUT2D eigenvalue weighted by molar-refractivity contribution is -0.108. The molecule has 12 heteroatoms. The lowest BCUT2D eigenvalue weighted by Crippen LogP contribution is -2.49. The molecule has 3 aromatic rings. The van der Waals surface area contributed by atoms with Gasteiger partial charge in [0.1, 0.15) is 18.2 Å². The van der Waals surface area contributed by atoms with Crippen LogP contribution in [0.3, 0.4) is 0 Å². The maximum atomic E-state index is 14.4. The van der Waals surface area contributed by atoms with Gasteiger partial charge in [-0.25, -0.2) is 9.78 Å². The average Bonchev–Trinajstić information content (AvgIpc) is 3.36. The summed E-state index contributed by atoms with van der Waals surface area (Å²) in [6.45, 7) is 2.96. The van der Waals surface area contributed by atoms with Gasteiger partial charge in [-0.2, -0.15) is 4.98 Å². The largest absolute Gasteiger partial charge is 0.477 e. The van der Waals surface area contributed by atoms with Crippen LogP contribution in [0.15, 0.2) is 64.9 Å². The van der Waals surface area contributed by atoms with Gasteiger partial charge in [-0.1, -0.05) is 59.2 Å². The summed E-state index contributed by atoms with van der Waals surface area (Å²) in [5.74, 6) is 0.670.